The maximum absolute atomic E-state index is 10.8. The molecule has 78 valence electrons. The second kappa shape index (κ2) is 4.58. The van der Waals surface area contributed by atoms with Crippen molar-refractivity contribution in [3.05, 3.63) is 0 Å². The second-order valence-corrected chi connectivity index (χ2v) is 4.04. The van der Waals surface area contributed by atoms with E-state index < -0.39 is 11.4 Å². The first-order valence-electron chi connectivity index (χ1n) is 4.47. The van der Waals surface area contributed by atoms with Crippen molar-refractivity contribution in [2.45, 2.75) is 39.3 Å². The van der Waals surface area contributed by atoms with E-state index in [4.69, 9.17) is 16.2 Å². The van der Waals surface area contributed by atoms with E-state index in [1.54, 1.807) is 6.92 Å². The molecule has 0 aliphatic heterocycles. The Hall–Kier alpha value is -0.610. The van der Waals surface area contributed by atoms with Crippen LogP contribution in [0.3, 0.4) is 0 Å². The largest absolute Gasteiger partial charge is 0.376 e. The van der Waals surface area contributed by atoms with Gasteiger partial charge >= 0.3 is 0 Å². The summed E-state index contributed by atoms with van der Waals surface area (Å²) in [6.07, 6.45) is 0.0854. The third-order valence-electron chi connectivity index (χ3n) is 2.15. The van der Waals surface area contributed by atoms with Gasteiger partial charge in [-0.15, -0.1) is 0 Å². The highest BCUT2D eigenvalue weighted by atomic mass is 16.5. The van der Waals surface area contributed by atoms with Gasteiger partial charge in [-0.1, -0.05) is 13.8 Å². The standard InChI is InChI=1S/C9H20N2O2/c1-6(2)7(3)13-5-9(4,11)8(10)12/h6-7H,5,11H2,1-4H3,(H2,10,12). The molecule has 4 heteroatoms. The summed E-state index contributed by atoms with van der Waals surface area (Å²) in [5.74, 6) is -0.132. The zero-order valence-corrected chi connectivity index (χ0v) is 8.83. The Morgan fingerprint density at radius 3 is 2.23 bits per heavy atom. The third-order valence-corrected chi connectivity index (χ3v) is 2.15. The predicted molar refractivity (Wildman–Crippen MR) is 52.0 cm³/mol. The molecule has 0 saturated carbocycles. The lowest BCUT2D eigenvalue weighted by Gasteiger charge is -2.24. The Balaban J connectivity index is 3.95. The topological polar surface area (TPSA) is 78.3 Å². The fourth-order valence-electron chi connectivity index (χ4n) is 0.568. The molecule has 0 rings (SSSR count). The van der Waals surface area contributed by atoms with Gasteiger partial charge in [-0.25, -0.2) is 0 Å². The molecule has 0 heterocycles. The first kappa shape index (κ1) is 12.4. The van der Waals surface area contributed by atoms with Gasteiger partial charge in [0.05, 0.1) is 12.7 Å². The maximum Gasteiger partial charge on any atom is 0.239 e. The Kier molecular flexibility index (Phi) is 4.36. The number of hydrogen-bond donors (Lipinski definition) is 2. The first-order chi connectivity index (χ1) is 5.77. The van der Waals surface area contributed by atoms with Gasteiger partial charge in [0.15, 0.2) is 0 Å². The number of primary amides is 1. The Morgan fingerprint density at radius 1 is 1.46 bits per heavy atom. The van der Waals surface area contributed by atoms with Crippen molar-refractivity contribution in [1.29, 1.82) is 0 Å². The van der Waals surface area contributed by atoms with Gasteiger partial charge in [0, 0.05) is 0 Å². The molecule has 0 aliphatic rings. The number of hydrogen-bond acceptors (Lipinski definition) is 3. The minimum absolute atomic E-state index is 0.0854. The molecule has 4 nitrogen and oxygen atoms in total. The van der Waals surface area contributed by atoms with Gasteiger partial charge < -0.3 is 16.2 Å². The number of carbonyl (C=O) groups excluding carboxylic acids is 1. The van der Waals surface area contributed by atoms with Gasteiger partial charge in [-0.3, -0.25) is 4.79 Å². The van der Waals surface area contributed by atoms with Gasteiger partial charge in [0.1, 0.15) is 5.54 Å². The monoisotopic (exact) mass is 188 g/mol. The zero-order chi connectivity index (χ0) is 10.6. The highest BCUT2D eigenvalue weighted by Crippen LogP contribution is 2.08. The number of ether oxygens (including phenoxy) is 1. The van der Waals surface area contributed by atoms with Crippen LogP contribution < -0.4 is 11.5 Å². The van der Waals surface area contributed by atoms with Crippen molar-refractivity contribution in [3.8, 4) is 0 Å². The van der Waals surface area contributed by atoms with E-state index in [-0.39, 0.29) is 12.7 Å². The SMILES string of the molecule is CC(C)C(C)OCC(C)(N)C(N)=O. The molecule has 0 aromatic heterocycles. The lowest BCUT2D eigenvalue weighted by molar-refractivity contribution is -0.125. The number of nitrogens with two attached hydrogens (primary N) is 2. The highest BCUT2D eigenvalue weighted by molar-refractivity contribution is 5.83. The van der Waals surface area contributed by atoms with E-state index in [9.17, 15) is 4.79 Å². The van der Waals surface area contributed by atoms with Crippen LogP contribution in [0.1, 0.15) is 27.7 Å². The van der Waals surface area contributed by atoms with E-state index >= 15 is 0 Å². The predicted octanol–water partition coefficient (Wildman–Crippen LogP) is 0.250. The molecule has 0 aliphatic carbocycles. The fraction of sp³-hybridized carbons (Fsp3) is 0.889. The van der Waals surface area contributed by atoms with E-state index in [0.29, 0.717) is 5.92 Å². The van der Waals surface area contributed by atoms with Crippen LogP contribution in [0.4, 0.5) is 0 Å². The summed E-state index contributed by atoms with van der Waals surface area (Å²) in [4.78, 5) is 10.8. The Labute approximate surface area is 79.6 Å². The summed E-state index contributed by atoms with van der Waals surface area (Å²) in [6, 6.07) is 0. The van der Waals surface area contributed by atoms with Crippen LogP contribution in [-0.2, 0) is 9.53 Å². The Morgan fingerprint density at radius 2 is 1.92 bits per heavy atom. The number of amides is 1. The summed E-state index contributed by atoms with van der Waals surface area (Å²) in [5, 5.41) is 0. The molecule has 0 bridgehead atoms. The van der Waals surface area contributed by atoms with Crippen LogP contribution in [-0.4, -0.2) is 24.2 Å². The molecule has 1 amide bonds. The van der Waals surface area contributed by atoms with Crippen LogP contribution in [0, 0.1) is 5.92 Å². The maximum atomic E-state index is 10.8. The summed E-state index contributed by atoms with van der Waals surface area (Å²) >= 11 is 0. The molecule has 0 spiro atoms. The van der Waals surface area contributed by atoms with E-state index in [1.165, 1.54) is 0 Å². The molecule has 0 aromatic carbocycles. The lowest BCUT2D eigenvalue weighted by atomic mass is 10.0. The minimum atomic E-state index is -1.07. The molecular formula is C9H20N2O2. The van der Waals surface area contributed by atoms with Crippen molar-refractivity contribution in [3.63, 3.8) is 0 Å². The smallest absolute Gasteiger partial charge is 0.239 e. The van der Waals surface area contributed by atoms with Crippen LogP contribution in [0.5, 0.6) is 0 Å². The highest BCUT2D eigenvalue weighted by Gasteiger charge is 2.27. The molecule has 2 atom stereocenters. The van der Waals surface area contributed by atoms with Crippen LogP contribution in [0.15, 0.2) is 0 Å². The van der Waals surface area contributed by atoms with Crippen molar-refractivity contribution in [2.24, 2.45) is 17.4 Å². The zero-order valence-electron chi connectivity index (χ0n) is 8.83. The molecule has 0 fully saturated rings. The van der Waals surface area contributed by atoms with Crippen molar-refractivity contribution in [2.75, 3.05) is 6.61 Å². The molecule has 4 N–H and O–H groups in total. The quantitative estimate of drug-likeness (QED) is 0.649. The molecule has 0 aromatic rings. The first-order valence-corrected chi connectivity index (χ1v) is 4.47. The van der Waals surface area contributed by atoms with E-state index in [1.807, 2.05) is 20.8 Å². The Bertz CT molecular complexity index is 178. The molecular weight excluding hydrogens is 168 g/mol. The van der Waals surface area contributed by atoms with Crippen molar-refractivity contribution < 1.29 is 9.53 Å². The van der Waals surface area contributed by atoms with Crippen LogP contribution >= 0.6 is 0 Å². The average molecular weight is 188 g/mol. The van der Waals surface area contributed by atoms with Crippen molar-refractivity contribution in [1.82, 2.24) is 0 Å². The lowest BCUT2D eigenvalue weighted by Crippen LogP contribution is -2.53. The fourth-order valence-corrected chi connectivity index (χ4v) is 0.568. The molecule has 13 heavy (non-hydrogen) atoms. The summed E-state index contributed by atoms with van der Waals surface area (Å²) < 4.78 is 5.40. The normalized spacial score (nSPS) is 18.3. The van der Waals surface area contributed by atoms with E-state index in [0.717, 1.165) is 0 Å². The van der Waals surface area contributed by atoms with Crippen molar-refractivity contribution >= 4 is 5.91 Å². The number of carbonyl (C=O) groups is 1. The second-order valence-electron chi connectivity index (χ2n) is 4.04. The molecule has 0 radical (unpaired) electrons. The van der Waals surface area contributed by atoms with Gasteiger partial charge in [-0.05, 0) is 19.8 Å². The molecule has 0 saturated heterocycles. The van der Waals surface area contributed by atoms with Gasteiger partial charge in [0.2, 0.25) is 5.91 Å². The van der Waals surface area contributed by atoms with Gasteiger partial charge in [-0.2, -0.15) is 0 Å². The van der Waals surface area contributed by atoms with E-state index in [2.05, 4.69) is 0 Å². The summed E-state index contributed by atoms with van der Waals surface area (Å²) in [5.41, 5.74) is 9.63. The average Bonchev–Trinajstić information content (AvgIpc) is 1.99. The third kappa shape index (κ3) is 4.24. The minimum Gasteiger partial charge on any atom is -0.376 e. The number of rotatable bonds is 5. The summed E-state index contributed by atoms with van der Waals surface area (Å²) in [7, 11) is 0. The summed E-state index contributed by atoms with van der Waals surface area (Å²) in [6.45, 7) is 7.78. The van der Waals surface area contributed by atoms with Gasteiger partial charge in [0.25, 0.3) is 0 Å². The molecule has 2 unspecified atom stereocenters. The van der Waals surface area contributed by atoms with Crippen LogP contribution in [0.25, 0.3) is 0 Å². The van der Waals surface area contributed by atoms with Crippen LogP contribution in [0.2, 0.25) is 0 Å².